The second-order valence-corrected chi connectivity index (χ2v) is 8.18. The first-order chi connectivity index (χ1) is 12.9. The van der Waals surface area contributed by atoms with E-state index in [-0.39, 0.29) is 23.0 Å². The molecule has 1 aromatic heterocycles. The van der Waals surface area contributed by atoms with Gasteiger partial charge in [0.05, 0.1) is 17.1 Å². The smallest absolute Gasteiger partial charge is 0.310 e. The lowest BCUT2D eigenvalue weighted by molar-refractivity contribution is 0.418. The quantitative estimate of drug-likeness (QED) is 0.557. The Bertz CT molecular complexity index is 1160. The Morgan fingerprint density at radius 1 is 1.33 bits per heavy atom. The van der Waals surface area contributed by atoms with Crippen LogP contribution in [0.2, 0.25) is 5.02 Å². The van der Waals surface area contributed by atoms with Crippen molar-refractivity contribution in [3.63, 3.8) is 0 Å². The van der Waals surface area contributed by atoms with Crippen LogP contribution in [0.25, 0.3) is 11.6 Å². The third-order valence-electron chi connectivity index (χ3n) is 4.17. The first kappa shape index (κ1) is 18.2. The summed E-state index contributed by atoms with van der Waals surface area (Å²) in [5, 5.41) is 10.7. The molecule has 0 amide bonds. The number of halogens is 3. The number of nitrogens with zero attached hydrogens (tertiary/aromatic N) is 2. The number of fused-ring (bicyclic) bond motifs is 1. The van der Waals surface area contributed by atoms with Gasteiger partial charge in [0, 0.05) is 32.4 Å². The molecule has 1 aliphatic heterocycles. The lowest BCUT2D eigenvalue weighted by Gasteiger charge is -2.07. The van der Waals surface area contributed by atoms with Gasteiger partial charge in [-0.25, -0.2) is 4.39 Å². The molecule has 0 radical (unpaired) electrons. The van der Waals surface area contributed by atoms with Gasteiger partial charge in [-0.05, 0) is 36.4 Å². The van der Waals surface area contributed by atoms with Gasteiger partial charge in [0.2, 0.25) is 5.88 Å². The van der Waals surface area contributed by atoms with Crippen LogP contribution in [0.4, 0.5) is 10.1 Å². The van der Waals surface area contributed by atoms with Crippen LogP contribution < -0.4 is 4.87 Å². The van der Waals surface area contributed by atoms with Crippen molar-refractivity contribution in [1.29, 1.82) is 0 Å². The lowest BCUT2D eigenvalue weighted by Crippen LogP contribution is -2.14. The fourth-order valence-electron chi connectivity index (χ4n) is 2.81. The van der Waals surface area contributed by atoms with Crippen molar-refractivity contribution in [3.05, 3.63) is 77.4 Å². The molecule has 0 fully saturated rings. The number of benzene rings is 2. The Morgan fingerprint density at radius 2 is 2.15 bits per heavy atom. The van der Waals surface area contributed by atoms with E-state index < -0.39 is 10.7 Å². The van der Waals surface area contributed by atoms with Crippen LogP contribution in [-0.4, -0.2) is 15.9 Å². The van der Waals surface area contributed by atoms with Crippen molar-refractivity contribution < 1.29 is 9.50 Å². The summed E-state index contributed by atoms with van der Waals surface area (Å²) < 4.78 is 16.0. The lowest BCUT2D eigenvalue weighted by atomic mass is 10.1. The number of aromatic hydroxyl groups is 1. The fraction of sp³-hybridized carbons (Fsp3) is 0.0526. The van der Waals surface area contributed by atoms with E-state index in [2.05, 4.69) is 20.9 Å². The van der Waals surface area contributed by atoms with Crippen LogP contribution in [-0.2, 0) is 6.54 Å². The molecule has 1 aliphatic rings. The van der Waals surface area contributed by atoms with Gasteiger partial charge in [-0.1, -0.05) is 44.9 Å². The SMILES string of the molecule is O=c1sc(C=C2C=Nc3ccc(Br)cc32)c(O)n1Cc1c(F)cccc1Cl. The predicted molar refractivity (Wildman–Crippen MR) is 111 cm³/mol. The molecule has 0 unspecified atom stereocenters. The average Bonchev–Trinajstić information content (AvgIpc) is 3.13. The molecule has 8 heteroatoms. The van der Waals surface area contributed by atoms with Gasteiger partial charge in [0.15, 0.2) is 0 Å². The van der Waals surface area contributed by atoms with E-state index in [1.807, 2.05) is 18.2 Å². The summed E-state index contributed by atoms with van der Waals surface area (Å²) in [7, 11) is 0. The van der Waals surface area contributed by atoms with Crippen LogP contribution in [0, 0.1) is 5.82 Å². The van der Waals surface area contributed by atoms with Crippen LogP contribution in [0.5, 0.6) is 5.88 Å². The Hall–Kier alpha value is -2.22. The standard InChI is InChI=1S/C19H11BrClFN2O2S/c20-11-4-5-16-12(7-11)10(8-23-16)6-17-18(25)24(19(26)27-17)9-13-14(21)2-1-3-15(13)22/h1-8,25H,9H2. The van der Waals surface area contributed by atoms with Gasteiger partial charge in [-0.3, -0.25) is 14.4 Å². The highest BCUT2D eigenvalue weighted by molar-refractivity contribution is 9.10. The van der Waals surface area contributed by atoms with E-state index in [4.69, 9.17) is 11.6 Å². The zero-order valence-electron chi connectivity index (χ0n) is 13.6. The number of thiazole rings is 1. The second-order valence-electron chi connectivity index (χ2n) is 5.86. The highest BCUT2D eigenvalue weighted by Gasteiger charge is 2.18. The van der Waals surface area contributed by atoms with Crippen LogP contribution in [0.3, 0.4) is 0 Å². The molecule has 2 heterocycles. The molecule has 4 rings (SSSR count). The number of allylic oxidation sites excluding steroid dienone is 1. The molecule has 0 spiro atoms. The highest BCUT2D eigenvalue weighted by atomic mass is 79.9. The molecule has 0 bridgehead atoms. The minimum Gasteiger partial charge on any atom is -0.493 e. The zero-order valence-corrected chi connectivity index (χ0v) is 16.8. The first-order valence-electron chi connectivity index (χ1n) is 7.85. The number of hydrogen-bond acceptors (Lipinski definition) is 4. The minimum absolute atomic E-state index is 0.147. The number of aliphatic imine (C=N–C) groups is 1. The van der Waals surface area contributed by atoms with Crippen molar-refractivity contribution in [2.75, 3.05) is 0 Å². The first-order valence-corrected chi connectivity index (χ1v) is 9.84. The van der Waals surface area contributed by atoms with E-state index in [1.165, 1.54) is 12.1 Å². The monoisotopic (exact) mass is 464 g/mol. The van der Waals surface area contributed by atoms with E-state index in [0.29, 0.717) is 4.88 Å². The highest BCUT2D eigenvalue weighted by Crippen LogP contribution is 2.36. The number of aromatic nitrogens is 1. The Morgan fingerprint density at radius 3 is 2.93 bits per heavy atom. The topological polar surface area (TPSA) is 54.6 Å². The van der Waals surface area contributed by atoms with Crippen molar-refractivity contribution in [2.45, 2.75) is 6.54 Å². The summed E-state index contributed by atoms with van der Waals surface area (Å²) in [6, 6.07) is 9.99. The molecular formula is C19H11BrClFN2O2S. The van der Waals surface area contributed by atoms with Gasteiger partial charge in [0.1, 0.15) is 5.82 Å². The molecule has 27 heavy (non-hydrogen) atoms. The van der Waals surface area contributed by atoms with E-state index >= 15 is 0 Å². The molecule has 2 aromatic carbocycles. The molecule has 0 saturated carbocycles. The molecular weight excluding hydrogens is 455 g/mol. The fourth-order valence-corrected chi connectivity index (χ4v) is 4.23. The van der Waals surface area contributed by atoms with Crippen molar-refractivity contribution in [2.24, 2.45) is 4.99 Å². The maximum atomic E-state index is 14.0. The third-order valence-corrected chi connectivity index (χ3v) is 5.93. The normalized spacial score (nSPS) is 14.1. The van der Waals surface area contributed by atoms with E-state index in [1.54, 1.807) is 18.4 Å². The molecule has 0 aliphatic carbocycles. The summed E-state index contributed by atoms with van der Waals surface area (Å²) in [5.74, 6) is -0.754. The van der Waals surface area contributed by atoms with E-state index in [9.17, 15) is 14.3 Å². The summed E-state index contributed by atoms with van der Waals surface area (Å²) in [6.45, 7) is -0.147. The Balaban J connectivity index is 1.74. The zero-order chi connectivity index (χ0) is 19.1. The van der Waals surface area contributed by atoms with Crippen LogP contribution in [0.1, 0.15) is 16.0 Å². The van der Waals surface area contributed by atoms with E-state index in [0.717, 1.165) is 37.2 Å². The molecule has 1 N–H and O–H groups in total. The summed E-state index contributed by atoms with van der Waals surface area (Å²) in [6.07, 6.45) is 3.38. The van der Waals surface area contributed by atoms with Gasteiger partial charge >= 0.3 is 4.87 Å². The molecule has 4 nitrogen and oxygen atoms in total. The number of hydrogen-bond donors (Lipinski definition) is 1. The van der Waals surface area contributed by atoms with Gasteiger partial charge in [-0.15, -0.1) is 0 Å². The maximum Gasteiger partial charge on any atom is 0.310 e. The Kier molecular flexibility index (Phi) is 4.75. The second kappa shape index (κ2) is 7.07. The minimum atomic E-state index is -0.526. The number of rotatable bonds is 3. The molecule has 0 saturated heterocycles. The molecule has 3 aromatic rings. The Labute approximate surface area is 171 Å². The summed E-state index contributed by atoms with van der Waals surface area (Å²) in [4.78, 5) is 16.6. The molecule has 136 valence electrons. The van der Waals surface area contributed by atoms with Crippen LogP contribution in [0.15, 0.2) is 50.7 Å². The van der Waals surface area contributed by atoms with Crippen molar-refractivity contribution in [3.8, 4) is 5.88 Å². The van der Waals surface area contributed by atoms with Crippen LogP contribution >= 0.6 is 38.9 Å². The summed E-state index contributed by atoms with van der Waals surface area (Å²) in [5.41, 5.74) is 2.64. The van der Waals surface area contributed by atoms with Gasteiger partial charge in [0.25, 0.3) is 0 Å². The van der Waals surface area contributed by atoms with Crippen molar-refractivity contribution >= 4 is 62.4 Å². The average molecular weight is 466 g/mol. The van der Waals surface area contributed by atoms with Crippen molar-refractivity contribution in [1.82, 2.24) is 4.57 Å². The summed E-state index contributed by atoms with van der Waals surface area (Å²) >= 11 is 10.3. The maximum absolute atomic E-state index is 14.0. The predicted octanol–water partition coefficient (Wildman–Crippen LogP) is 5.48. The van der Waals surface area contributed by atoms with Gasteiger partial charge in [-0.2, -0.15) is 0 Å². The molecule has 0 atom stereocenters. The largest absolute Gasteiger partial charge is 0.493 e. The van der Waals surface area contributed by atoms with Gasteiger partial charge < -0.3 is 5.11 Å². The third kappa shape index (κ3) is 3.38.